The van der Waals surface area contributed by atoms with E-state index in [2.05, 4.69) is 17.7 Å². The van der Waals surface area contributed by atoms with Gasteiger partial charge in [-0.15, -0.1) is 0 Å². The zero-order valence-electron chi connectivity index (χ0n) is 8.34. The molecule has 0 saturated heterocycles. The first-order valence-electron chi connectivity index (χ1n) is 4.59. The van der Waals surface area contributed by atoms with Crippen molar-refractivity contribution in [3.05, 3.63) is 36.9 Å². The highest BCUT2D eigenvalue weighted by atomic mass is 16.1. The van der Waals surface area contributed by atoms with Crippen molar-refractivity contribution < 1.29 is 4.79 Å². The Morgan fingerprint density at radius 1 is 1.43 bits per heavy atom. The fourth-order valence-electron chi connectivity index (χ4n) is 1.27. The summed E-state index contributed by atoms with van der Waals surface area (Å²) in [4.78, 5) is 10.9. The Morgan fingerprint density at radius 2 is 2.14 bits per heavy atom. The van der Waals surface area contributed by atoms with E-state index >= 15 is 0 Å². The van der Waals surface area contributed by atoms with E-state index in [-0.39, 0.29) is 5.91 Å². The van der Waals surface area contributed by atoms with Gasteiger partial charge in [0.15, 0.2) is 0 Å². The number of benzene rings is 1. The molecule has 1 radical (unpaired) electrons. The predicted molar refractivity (Wildman–Crippen MR) is 57.8 cm³/mol. The summed E-state index contributed by atoms with van der Waals surface area (Å²) >= 11 is 0. The molecule has 0 bridgehead atoms. The summed E-state index contributed by atoms with van der Waals surface area (Å²) in [7, 11) is 3.55. The number of carbonyl (C=O) groups excluding carboxylic acids is 1. The van der Waals surface area contributed by atoms with Crippen molar-refractivity contribution in [2.75, 3.05) is 11.9 Å². The van der Waals surface area contributed by atoms with E-state index in [1.807, 2.05) is 24.3 Å². The molecule has 1 aromatic carbocycles. The van der Waals surface area contributed by atoms with E-state index < -0.39 is 0 Å². The fraction of sp³-hybridized carbons (Fsp3) is 0.273. The zero-order chi connectivity index (χ0) is 10.4. The molecule has 2 N–H and O–H groups in total. The molecule has 0 heterocycles. The van der Waals surface area contributed by atoms with Crippen LogP contribution >= 0.6 is 0 Å². The third kappa shape index (κ3) is 3.18. The van der Waals surface area contributed by atoms with Crippen molar-refractivity contribution in [2.24, 2.45) is 0 Å². The molecule has 0 aliphatic heterocycles. The van der Waals surface area contributed by atoms with Gasteiger partial charge in [0, 0.05) is 19.7 Å². The normalized spacial score (nSPS) is 9.86. The Kier molecular flexibility index (Phi) is 4.13. The Labute approximate surface area is 84.5 Å². The third-order valence-corrected chi connectivity index (χ3v) is 1.90. The van der Waals surface area contributed by atoms with Gasteiger partial charge in [0.1, 0.15) is 0 Å². The van der Waals surface area contributed by atoms with Crippen LogP contribution in [0.3, 0.4) is 0 Å². The van der Waals surface area contributed by atoms with Gasteiger partial charge < -0.3 is 10.6 Å². The van der Waals surface area contributed by atoms with Gasteiger partial charge in [-0.1, -0.05) is 18.2 Å². The molecule has 75 valence electrons. The van der Waals surface area contributed by atoms with Gasteiger partial charge >= 0.3 is 0 Å². The van der Waals surface area contributed by atoms with Crippen LogP contribution in [0.4, 0.5) is 5.69 Å². The van der Waals surface area contributed by atoms with Crippen LogP contribution in [0.15, 0.2) is 24.3 Å². The van der Waals surface area contributed by atoms with E-state index in [9.17, 15) is 4.79 Å². The van der Waals surface area contributed by atoms with E-state index in [1.54, 1.807) is 0 Å². The predicted octanol–water partition coefficient (Wildman–Crippen LogP) is 1.57. The zero-order valence-corrected chi connectivity index (χ0v) is 8.34. The molecule has 0 fully saturated rings. The second-order valence-corrected chi connectivity index (χ2v) is 3.09. The SMILES string of the molecule is [CH2]NCCc1ccccc1NC(C)=O. The van der Waals surface area contributed by atoms with Crippen LogP contribution in [-0.4, -0.2) is 12.5 Å². The summed E-state index contributed by atoms with van der Waals surface area (Å²) in [6.07, 6.45) is 0.861. The number of carbonyl (C=O) groups is 1. The van der Waals surface area contributed by atoms with Crippen molar-refractivity contribution in [3.63, 3.8) is 0 Å². The van der Waals surface area contributed by atoms with Crippen LogP contribution < -0.4 is 10.6 Å². The summed E-state index contributed by atoms with van der Waals surface area (Å²) in [6.45, 7) is 2.31. The van der Waals surface area contributed by atoms with Crippen LogP contribution in [0.25, 0.3) is 0 Å². The molecule has 0 aromatic heterocycles. The van der Waals surface area contributed by atoms with Crippen molar-refractivity contribution in [1.29, 1.82) is 0 Å². The van der Waals surface area contributed by atoms with Gasteiger partial charge in [0.2, 0.25) is 5.91 Å². The number of para-hydroxylation sites is 1. The maximum atomic E-state index is 10.9. The molecule has 3 nitrogen and oxygen atoms in total. The number of hydrogen-bond acceptors (Lipinski definition) is 2. The average Bonchev–Trinajstić information content (AvgIpc) is 2.16. The maximum absolute atomic E-state index is 10.9. The molecule has 1 rings (SSSR count). The minimum atomic E-state index is -0.0416. The molecule has 1 aromatic rings. The lowest BCUT2D eigenvalue weighted by Crippen LogP contribution is -2.12. The number of amides is 1. The van der Waals surface area contributed by atoms with E-state index in [0.717, 1.165) is 24.2 Å². The molecule has 0 unspecified atom stereocenters. The van der Waals surface area contributed by atoms with Crippen LogP contribution in [0.1, 0.15) is 12.5 Å². The standard InChI is InChI=1S/C11H15N2O/c1-9(14)13-11-6-4-3-5-10(11)7-8-12-2/h3-6,12H,2,7-8H2,1H3,(H,13,14). The average molecular weight is 191 g/mol. The lowest BCUT2D eigenvalue weighted by atomic mass is 10.1. The summed E-state index contributed by atoms with van der Waals surface area (Å²) in [5.41, 5.74) is 2.01. The minimum Gasteiger partial charge on any atom is -0.326 e. The van der Waals surface area contributed by atoms with Crippen molar-refractivity contribution in [2.45, 2.75) is 13.3 Å². The Bertz CT molecular complexity index is 310. The van der Waals surface area contributed by atoms with Gasteiger partial charge in [-0.05, 0) is 24.6 Å². The van der Waals surface area contributed by atoms with E-state index in [1.165, 1.54) is 6.92 Å². The van der Waals surface area contributed by atoms with Crippen LogP contribution in [-0.2, 0) is 11.2 Å². The molecule has 0 aliphatic carbocycles. The number of nitrogens with one attached hydrogen (secondary N) is 2. The Balaban J connectivity index is 2.74. The molecule has 1 amide bonds. The lowest BCUT2D eigenvalue weighted by Gasteiger charge is -2.08. The largest absolute Gasteiger partial charge is 0.326 e. The highest BCUT2D eigenvalue weighted by Crippen LogP contribution is 2.14. The van der Waals surface area contributed by atoms with Gasteiger partial charge in [-0.2, -0.15) is 0 Å². The number of hydrogen-bond donors (Lipinski definition) is 2. The summed E-state index contributed by atoms with van der Waals surface area (Å²) < 4.78 is 0. The van der Waals surface area contributed by atoms with E-state index in [0.29, 0.717) is 0 Å². The summed E-state index contributed by atoms with van der Waals surface area (Å²) in [5, 5.41) is 5.63. The molecule has 0 spiro atoms. The number of rotatable bonds is 4. The van der Waals surface area contributed by atoms with E-state index in [4.69, 9.17) is 0 Å². The topological polar surface area (TPSA) is 41.1 Å². The first-order valence-corrected chi connectivity index (χ1v) is 4.59. The molecule has 3 heteroatoms. The third-order valence-electron chi connectivity index (χ3n) is 1.90. The van der Waals surface area contributed by atoms with Crippen LogP contribution in [0, 0.1) is 7.05 Å². The van der Waals surface area contributed by atoms with Crippen molar-refractivity contribution in [1.82, 2.24) is 5.32 Å². The van der Waals surface area contributed by atoms with Crippen molar-refractivity contribution in [3.8, 4) is 0 Å². The second kappa shape index (κ2) is 5.40. The summed E-state index contributed by atoms with van der Waals surface area (Å²) in [5.74, 6) is -0.0416. The monoisotopic (exact) mass is 191 g/mol. The van der Waals surface area contributed by atoms with Gasteiger partial charge in [-0.25, -0.2) is 0 Å². The summed E-state index contributed by atoms with van der Waals surface area (Å²) in [6, 6.07) is 7.78. The molecule has 0 aliphatic rings. The van der Waals surface area contributed by atoms with Crippen molar-refractivity contribution >= 4 is 11.6 Å². The molecular weight excluding hydrogens is 176 g/mol. The Hall–Kier alpha value is -1.35. The lowest BCUT2D eigenvalue weighted by molar-refractivity contribution is -0.114. The van der Waals surface area contributed by atoms with Gasteiger partial charge in [-0.3, -0.25) is 4.79 Å². The van der Waals surface area contributed by atoms with Gasteiger partial charge in [0.25, 0.3) is 0 Å². The number of anilines is 1. The highest BCUT2D eigenvalue weighted by molar-refractivity contribution is 5.89. The van der Waals surface area contributed by atoms with Gasteiger partial charge in [0.05, 0.1) is 0 Å². The maximum Gasteiger partial charge on any atom is 0.221 e. The quantitative estimate of drug-likeness (QED) is 0.758. The smallest absolute Gasteiger partial charge is 0.221 e. The molecule has 0 saturated carbocycles. The van der Waals surface area contributed by atoms with Crippen LogP contribution in [0.5, 0.6) is 0 Å². The first-order chi connectivity index (χ1) is 6.74. The first kappa shape index (κ1) is 10.7. The van der Waals surface area contributed by atoms with Crippen LogP contribution in [0.2, 0.25) is 0 Å². The Morgan fingerprint density at radius 3 is 2.79 bits per heavy atom. The second-order valence-electron chi connectivity index (χ2n) is 3.09. The fourth-order valence-corrected chi connectivity index (χ4v) is 1.27. The highest BCUT2D eigenvalue weighted by Gasteiger charge is 2.01. The molecule has 14 heavy (non-hydrogen) atoms. The molecular formula is C11H15N2O. The minimum absolute atomic E-state index is 0.0416. The molecule has 0 atom stereocenters.